The van der Waals surface area contributed by atoms with E-state index in [2.05, 4.69) is 9.97 Å². The summed E-state index contributed by atoms with van der Waals surface area (Å²) in [7, 11) is 2.96. The number of fused-ring (bicyclic) bond motifs is 1. The molecule has 3 aromatic rings. The van der Waals surface area contributed by atoms with E-state index in [0.29, 0.717) is 17.1 Å². The summed E-state index contributed by atoms with van der Waals surface area (Å²) in [5.74, 6) is 0.370. The molecule has 1 amide bonds. The van der Waals surface area contributed by atoms with Crippen molar-refractivity contribution in [2.24, 2.45) is 19.8 Å². The van der Waals surface area contributed by atoms with E-state index in [0.717, 1.165) is 4.57 Å². The maximum atomic E-state index is 12.2. The molecule has 0 fully saturated rings. The Bertz CT molecular complexity index is 1040. The Morgan fingerprint density at radius 2 is 1.88 bits per heavy atom. The summed E-state index contributed by atoms with van der Waals surface area (Å²) in [6, 6.07) is 6.75. The number of amides is 1. The zero-order chi connectivity index (χ0) is 17.4. The summed E-state index contributed by atoms with van der Waals surface area (Å²) in [6.07, 6.45) is 0. The Balaban J connectivity index is 2.03. The lowest BCUT2D eigenvalue weighted by atomic mass is 10.2. The molecule has 2 heterocycles. The molecule has 0 aliphatic carbocycles. The van der Waals surface area contributed by atoms with E-state index < -0.39 is 17.2 Å². The summed E-state index contributed by atoms with van der Waals surface area (Å²) < 4.78 is 7.51. The molecular formula is C15H15N5O4. The van der Waals surface area contributed by atoms with Gasteiger partial charge in [-0.3, -0.25) is 18.7 Å². The van der Waals surface area contributed by atoms with Gasteiger partial charge in [0.05, 0.1) is 0 Å². The third kappa shape index (κ3) is 2.56. The number of primary amides is 1. The van der Waals surface area contributed by atoms with Crippen molar-refractivity contribution in [1.29, 1.82) is 0 Å². The van der Waals surface area contributed by atoms with Crippen LogP contribution in [0.3, 0.4) is 0 Å². The molecule has 0 saturated carbocycles. The van der Waals surface area contributed by atoms with E-state index in [9.17, 15) is 14.4 Å². The number of carbonyl (C=O) groups excluding carboxylic acids is 1. The quantitative estimate of drug-likeness (QED) is 0.667. The fraction of sp³-hybridized carbons (Fsp3) is 0.200. The molecule has 0 saturated heterocycles. The number of nitrogens with one attached hydrogen (secondary N) is 1. The highest BCUT2D eigenvalue weighted by Crippen LogP contribution is 2.21. The fourth-order valence-corrected chi connectivity index (χ4v) is 2.33. The highest BCUT2D eigenvalue weighted by Gasteiger charge is 2.14. The Morgan fingerprint density at radius 3 is 2.50 bits per heavy atom. The Kier molecular flexibility index (Phi) is 3.68. The summed E-state index contributed by atoms with van der Waals surface area (Å²) in [5.41, 5.74) is 5.38. The van der Waals surface area contributed by atoms with Crippen molar-refractivity contribution in [3.63, 3.8) is 0 Å². The molecule has 3 rings (SSSR count). The summed E-state index contributed by atoms with van der Waals surface area (Å²) >= 11 is 0. The lowest BCUT2D eigenvalue weighted by Crippen LogP contribution is -2.36. The van der Waals surface area contributed by atoms with Gasteiger partial charge >= 0.3 is 5.69 Å². The molecule has 9 nitrogen and oxygen atoms in total. The Labute approximate surface area is 135 Å². The van der Waals surface area contributed by atoms with Gasteiger partial charge in [-0.15, -0.1) is 0 Å². The minimum atomic E-state index is -0.562. The zero-order valence-corrected chi connectivity index (χ0v) is 13.1. The van der Waals surface area contributed by atoms with Gasteiger partial charge in [0.25, 0.3) is 11.5 Å². The van der Waals surface area contributed by atoms with E-state index in [1.807, 2.05) is 0 Å². The van der Waals surface area contributed by atoms with Gasteiger partial charge in [0.1, 0.15) is 17.1 Å². The number of carbonyl (C=O) groups is 1. The highest BCUT2D eigenvalue weighted by atomic mass is 16.5. The Hall–Kier alpha value is -3.36. The number of imidazole rings is 1. The molecule has 0 spiro atoms. The number of H-pyrrole nitrogens is 1. The standard InChI is InChI=1S/C15H15N5O4/c1-19-13-11(14(22)20(2)15(19)23)17-12(18-13)8-3-5-9(6-4-8)24-7-10(16)21/h3-6H,7H2,1-2H3,(H2,16,21)(H,17,18). The predicted molar refractivity (Wildman–Crippen MR) is 86.7 cm³/mol. The van der Waals surface area contributed by atoms with E-state index in [-0.39, 0.29) is 17.8 Å². The third-order valence-corrected chi connectivity index (χ3v) is 3.60. The number of benzene rings is 1. The average Bonchev–Trinajstić information content (AvgIpc) is 3.02. The van der Waals surface area contributed by atoms with Crippen LogP contribution in [0.1, 0.15) is 0 Å². The first-order chi connectivity index (χ1) is 11.4. The van der Waals surface area contributed by atoms with Gasteiger partial charge in [-0.2, -0.15) is 0 Å². The summed E-state index contributed by atoms with van der Waals surface area (Å²) in [4.78, 5) is 42.1. The first-order valence-corrected chi connectivity index (χ1v) is 7.05. The molecule has 24 heavy (non-hydrogen) atoms. The van der Waals surface area contributed by atoms with E-state index in [1.54, 1.807) is 31.3 Å². The number of aromatic amines is 1. The smallest absolute Gasteiger partial charge is 0.332 e. The second kappa shape index (κ2) is 5.69. The van der Waals surface area contributed by atoms with E-state index in [4.69, 9.17) is 10.5 Å². The average molecular weight is 329 g/mol. The number of aromatic nitrogens is 4. The molecule has 2 aromatic heterocycles. The van der Waals surface area contributed by atoms with Crippen LogP contribution in [0.2, 0.25) is 0 Å². The maximum Gasteiger partial charge on any atom is 0.332 e. The topological polar surface area (TPSA) is 125 Å². The fourth-order valence-electron chi connectivity index (χ4n) is 2.33. The molecule has 0 aliphatic rings. The number of aryl methyl sites for hydroxylation is 1. The molecule has 124 valence electrons. The molecular weight excluding hydrogens is 314 g/mol. The number of hydrogen-bond donors (Lipinski definition) is 2. The SMILES string of the molecule is Cn1c(=O)c2[nH]c(-c3ccc(OCC(N)=O)cc3)nc2n(C)c1=O. The van der Waals surface area contributed by atoms with Crippen molar-refractivity contribution in [2.75, 3.05) is 6.61 Å². The molecule has 9 heteroatoms. The molecule has 0 bridgehead atoms. The highest BCUT2D eigenvalue weighted by molar-refractivity contribution is 5.76. The summed E-state index contributed by atoms with van der Waals surface area (Å²) in [5, 5.41) is 0. The van der Waals surface area contributed by atoms with Crippen LogP contribution in [0.5, 0.6) is 5.75 Å². The first-order valence-electron chi connectivity index (χ1n) is 7.05. The van der Waals surface area contributed by atoms with Crippen LogP contribution < -0.4 is 21.7 Å². The van der Waals surface area contributed by atoms with Crippen molar-refractivity contribution in [3.8, 4) is 17.1 Å². The van der Waals surface area contributed by atoms with Gasteiger partial charge in [0.2, 0.25) is 0 Å². The lowest BCUT2D eigenvalue weighted by molar-refractivity contribution is -0.119. The normalized spacial score (nSPS) is 10.9. The van der Waals surface area contributed by atoms with Crippen LogP contribution in [-0.4, -0.2) is 31.6 Å². The van der Waals surface area contributed by atoms with Crippen molar-refractivity contribution in [1.82, 2.24) is 19.1 Å². The second-order valence-corrected chi connectivity index (χ2v) is 5.27. The molecule has 0 unspecified atom stereocenters. The van der Waals surface area contributed by atoms with Gasteiger partial charge in [0, 0.05) is 19.7 Å². The first kappa shape index (κ1) is 15.5. The van der Waals surface area contributed by atoms with Gasteiger partial charge in [0.15, 0.2) is 12.3 Å². The van der Waals surface area contributed by atoms with Gasteiger partial charge in [-0.25, -0.2) is 9.78 Å². The van der Waals surface area contributed by atoms with Crippen LogP contribution in [0.4, 0.5) is 0 Å². The number of ether oxygens (including phenoxy) is 1. The number of rotatable bonds is 4. The number of nitrogens with two attached hydrogens (primary N) is 1. The monoisotopic (exact) mass is 329 g/mol. The lowest BCUT2D eigenvalue weighted by Gasteiger charge is -2.03. The maximum absolute atomic E-state index is 12.2. The zero-order valence-electron chi connectivity index (χ0n) is 13.1. The van der Waals surface area contributed by atoms with Crippen LogP contribution in [0.15, 0.2) is 33.9 Å². The van der Waals surface area contributed by atoms with Gasteiger partial charge < -0.3 is 15.5 Å². The largest absolute Gasteiger partial charge is 0.484 e. The van der Waals surface area contributed by atoms with Crippen molar-refractivity contribution in [3.05, 3.63) is 45.1 Å². The van der Waals surface area contributed by atoms with Crippen molar-refractivity contribution < 1.29 is 9.53 Å². The molecule has 1 aromatic carbocycles. The van der Waals surface area contributed by atoms with Crippen LogP contribution in [0, 0.1) is 0 Å². The molecule has 0 atom stereocenters. The molecule has 3 N–H and O–H groups in total. The molecule has 0 aliphatic heterocycles. The van der Waals surface area contributed by atoms with Gasteiger partial charge in [-0.05, 0) is 24.3 Å². The van der Waals surface area contributed by atoms with E-state index >= 15 is 0 Å². The van der Waals surface area contributed by atoms with Gasteiger partial charge in [-0.1, -0.05) is 0 Å². The predicted octanol–water partition coefficient (Wildman–Crippen LogP) is -0.509. The van der Waals surface area contributed by atoms with Crippen molar-refractivity contribution >= 4 is 17.1 Å². The minimum Gasteiger partial charge on any atom is -0.484 e. The van der Waals surface area contributed by atoms with Crippen LogP contribution in [-0.2, 0) is 18.9 Å². The van der Waals surface area contributed by atoms with Crippen molar-refractivity contribution in [2.45, 2.75) is 0 Å². The molecule has 0 radical (unpaired) electrons. The number of hydrogen-bond acceptors (Lipinski definition) is 5. The van der Waals surface area contributed by atoms with E-state index in [1.165, 1.54) is 11.6 Å². The Morgan fingerprint density at radius 1 is 1.21 bits per heavy atom. The number of nitrogens with zero attached hydrogens (tertiary/aromatic N) is 3. The second-order valence-electron chi connectivity index (χ2n) is 5.27. The summed E-state index contributed by atoms with van der Waals surface area (Å²) in [6.45, 7) is -0.206. The van der Waals surface area contributed by atoms with Crippen LogP contribution in [0.25, 0.3) is 22.6 Å². The third-order valence-electron chi connectivity index (χ3n) is 3.60. The minimum absolute atomic E-state index is 0.206. The van der Waals surface area contributed by atoms with Crippen LogP contribution >= 0.6 is 0 Å².